The van der Waals surface area contributed by atoms with Crippen LogP contribution in [0.2, 0.25) is 0 Å². The molecule has 0 rings (SSSR count). The molecule has 550 valence electrons. The van der Waals surface area contributed by atoms with Crippen molar-refractivity contribution < 1.29 is 82.6 Å². The smallest absolute Gasteiger partial charge is 0.328 e. The standard InChI is InChI=1S/C70H127N7O17S/c1-6-9-12-15-18-21-24-26-28-31-34-37-40-43-63(86)93-50-55(94-64(87)44-41-38-35-32-29-27-25-22-19-16-13-10-7-2)51-95-52-57(75-58(80)42-39-36-33-30-23-20-17-14-11-8-3)67(88)73-48-60(82)71-47-59(81)72-49-61(83)74-56(45-46-62(84)85)68(89)76-65(53(4)78)69(90)77-66(54(5)79)70(91)92/h53-57,65-66,78-79H,6-52H2,1-5H3,(H,71,82)(H,72,81)(H,73,88)(H,74,83)(H,75,80)(H,76,89)(H,77,90)(H,84,85)(H,91,92)/t53-,54-,55-,56+,57+,65+,66+/m1/s1. The van der Waals surface area contributed by atoms with Gasteiger partial charge in [-0.05, 0) is 39.5 Å². The average molecular weight is 1370 g/mol. The van der Waals surface area contributed by atoms with Gasteiger partial charge in [-0.15, -0.1) is 0 Å². The molecule has 0 heterocycles. The highest BCUT2D eigenvalue weighted by Gasteiger charge is 2.34. The van der Waals surface area contributed by atoms with E-state index in [1.807, 2.05) is 5.32 Å². The molecule has 0 bridgehead atoms. The van der Waals surface area contributed by atoms with Gasteiger partial charge in [-0.2, -0.15) is 11.8 Å². The van der Waals surface area contributed by atoms with E-state index < -0.39 is 128 Å². The van der Waals surface area contributed by atoms with Crippen molar-refractivity contribution >= 4 is 77.0 Å². The molecule has 25 heteroatoms. The van der Waals surface area contributed by atoms with E-state index in [2.05, 4.69) is 52.7 Å². The molecule has 7 atom stereocenters. The fourth-order valence-electron chi connectivity index (χ4n) is 10.6. The Bertz CT molecular complexity index is 2120. The summed E-state index contributed by atoms with van der Waals surface area (Å²) in [5.74, 6) is -9.80. The first-order valence-corrected chi connectivity index (χ1v) is 37.5. The molecule has 0 saturated heterocycles. The van der Waals surface area contributed by atoms with Crippen molar-refractivity contribution in [2.24, 2.45) is 0 Å². The Labute approximate surface area is 572 Å². The van der Waals surface area contributed by atoms with Crippen LogP contribution in [0.3, 0.4) is 0 Å². The first-order chi connectivity index (χ1) is 45.6. The van der Waals surface area contributed by atoms with E-state index in [1.165, 1.54) is 159 Å². The molecular weight excluding hydrogens is 1240 g/mol. The number of hydrogen-bond acceptors (Lipinski definition) is 16. The van der Waals surface area contributed by atoms with E-state index in [9.17, 15) is 73.2 Å². The summed E-state index contributed by atoms with van der Waals surface area (Å²) in [5.41, 5.74) is 0. The Morgan fingerprint density at radius 2 is 0.737 bits per heavy atom. The van der Waals surface area contributed by atoms with Crippen LogP contribution in [0.1, 0.15) is 298 Å². The van der Waals surface area contributed by atoms with Crippen molar-refractivity contribution in [3.8, 4) is 0 Å². The van der Waals surface area contributed by atoms with Crippen LogP contribution in [0, 0.1) is 0 Å². The maximum atomic E-state index is 13.8. The number of nitrogens with one attached hydrogen (secondary N) is 7. The Kier molecular flexibility index (Phi) is 57.3. The number of hydrogen-bond donors (Lipinski definition) is 11. The van der Waals surface area contributed by atoms with E-state index in [-0.39, 0.29) is 49.3 Å². The number of thioether (sulfide) groups is 1. The van der Waals surface area contributed by atoms with E-state index in [0.29, 0.717) is 19.3 Å². The third-order valence-electron chi connectivity index (χ3n) is 16.4. The number of aliphatic hydroxyl groups excluding tert-OH is 2. The highest BCUT2D eigenvalue weighted by atomic mass is 32.2. The molecule has 0 aliphatic rings. The highest BCUT2D eigenvalue weighted by Crippen LogP contribution is 2.18. The molecule has 0 aromatic carbocycles. The van der Waals surface area contributed by atoms with Crippen molar-refractivity contribution in [3.05, 3.63) is 0 Å². The molecule has 0 aromatic heterocycles. The van der Waals surface area contributed by atoms with Gasteiger partial charge in [0.25, 0.3) is 0 Å². The fraction of sp³-hybridized carbons (Fsp3) is 0.843. The van der Waals surface area contributed by atoms with E-state index in [1.54, 1.807) is 0 Å². The van der Waals surface area contributed by atoms with Gasteiger partial charge in [0.05, 0.1) is 31.8 Å². The number of aliphatic carboxylic acids is 2. The second-order valence-corrected chi connectivity index (χ2v) is 26.6. The summed E-state index contributed by atoms with van der Waals surface area (Å²) < 4.78 is 11.6. The third kappa shape index (κ3) is 53.2. The van der Waals surface area contributed by atoms with Gasteiger partial charge in [0.2, 0.25) is 41.4 Å². The second-order valence-electron chi connectivity index (χ2n) is 25.5. The molecule has 11 N–H and O–H groups in total. The lowest BCUT2D eigenvalue weighted by molar-refractivity contribution is -0.157. The van der Waals surface area contributed by atoms with Gasteiger partial charge >= 0.3 is 23.9 Å². The van der Waals surface area contributed by atoms with Crippen LogP contribution >= 0.6 is 11.8 Å². The lowest BCUT2D eigenvalue weighted by Gasteiger charge is -2.26. The zero-order chi connectivity index (χ0) is 70.7. The van der Waals surface area contributed by atoms with Crippen molar-refractivity contribution in [1.29, 1.82) is 0 Å². The monoisotopic (exact) mass is 1370 g/mol. The van der Waals surface area contributed by atoms with E-state index >= 15 is 0 Å². The maximum Gasteiger partial charge on any atom is 0.328 e. The Hall–Kier alpha value is -5.56. The number of carboxylic acid groups (broad SMARTS) is 2. The normalized spacial score (nSPS) is 13.4. The molecule has 0 radical (unpaired) electrons. The Morgan fingerprint density at radius 1 is 0.368 bits per heavy atom. The molecule has 0 aliphatic carbocycles. The molecule has 0 spiro atoms. The molecule has 95 heavy (non-hydrogen) atoms. The summed E-state index contributed by atoms with van der Waals surface area (Å²) >= 11 is 1.21. The minimum Gasteiger partial charge on any atom is -0.481 e. The largest absolute Gasteiger partial charge is 0.481 e. The lowest BCUT2D eigenvalue weighted by atomic mass is 10.0. The van der Waals surface area contributed by atoms with Gasteiger partial charge in [0, 0.05) is 37.2 Å². The molecule has 24 nitrogen and oxygen atoms in total. The number of carbonyl (C=O) groups excluding carboxylic acids is 9. The first kappa shape index (κ1) is 89.4. The lowest BCUT2D eigenvalue weighted by Crippen LogP contribution is -2.60. The number of unbranched alkanes of at least 4 members (excludes halogenated alkanes) is 33. The number of amides is 7. The van der Waals surface area contributed by atoms with Crippen LogP contribution in [0.25, 0.3) is 0 Å². The number of carboxylic acids is 2. The predicted octanol–water partition coefficient (Wildman–Crippen LogP) is 9.45. The molecule has 0 saturated carbocycles. The average Bonchev–Trinajstić information content (AvgIpc) is 0.990. The Balaban J connectivity index is 5.83. The molecule has 0 unspecified atom stereocenters. The number of rotatable bonds is 65. The number of esters is 2. The molecule has 0 aliphatic heterocycles. The summed E-state index contributed by atoms with van der Waals surface area (Å²) in [5, 5.41) is 54.9. The number of carbonyl (C=O) groups is 11. The summed E-state index contributed by atoms with van der Waals surface area (Å²) in [7, 11) is 0. The first-order valence-electron chi connectivity index (χ1n) is 36.4. The predicted molar refractivity (Wildman–Crippen MR) is 370 cm³/mol. The highest BCUT2D eigenvalue weighted by molar-refractivity contribution is 7.99. The van der Waals surface area contributed by atoms with Crippen LogP contribution < -0.4 is 37.2 Å². The summed E-state index contributed by atoms with van der Waals surface area (Å²) in [6.07, 6.45) is 36.3. The Morgan fingerprint density at radius 3 is 1.15 bits per heavy atom. The molecule has 0 fully saturated rings. The fourth-order valence-corrected chi connectivity index (χ4v) is 11.6. The van der Waals surface area contributed by atoms with Gasteiger partial charge < -0.3 is 67.1 Å². The van der Waals surface area contributed by atoms with Crippen molar-refractivity contribution in [2.75, 3.05) is 37.7 Å². The maximum absolute atomic E-state index is 13.8. The van der Waals surface area contributed by atoms with Crippen LogP contribution in [0.15, 0.2) is 0 Å². The number of ether oxygens (including phenoxy) is 2. The van der Waals surface area contributed by atoms with E-state index in [0.717, 1.165) is 78.1 Å². The summed E-state index contributed by atoms with van der Waals surface area (Å²) in [4.78, 5) is 141. The zero-order valence-corrected chi connectivity index (χ0v) is 59.6. The molecule has 0 aromatic rings. The van der Waals surface area contributed by atoms with Crippen molar-refractivity contribution in [2.45, 2.75) is 340 Å². The zero-order valence-electron chi connectivity index (χ0n) is 58.8. The molecular formula is C70H127N7O17S. The van der Waals surface area contributed by atoms with Gasteiger partial charge in [-0.25, -0.2) is 4.79 Å². The summed E-state index contributed by atoms with van der Waals surface area (Å²) in [6, 6.07) is -6.41. The number of aliphatic hydroxyl groups is 2. The van der Waals surface area contributed by atoms with Crippen molar-refractivity contribution in [3.63, 3.8) is 0 Å². The summed E-state index contributed by atoms with van der Waals surface area (Å²) in [6.45, 7) is 6.55. The van der Waals surface area contributed by atoms with Crippen LogP contribution in [0.5, 0.6) is 0 Å². The van der Waals surface area contributed by atoms with Crippen LogP contribution in [-0.4, -0.2) is 166 Å². The van der Waals surface area contributed by atoms with Gasteiger partial charge in [0.15, 0.2) is 6.04 Å². The second kappa shape index (κ2) is 60.8. The topological polar surface area (TPSA) is 371 Å². The quantitative estimate of drug-likeness (QED) is 0.0199. The minimum atomic E-state index is -1.82. The van der Waals surface area contributed by atoms with Crippen LogP contribution in [0.4, 0.5) is 0 Å². The third-order valence-corrected chi connectivity index (χ3v) is 17.6. The van der Waals surface area contributed by atoms with Gasteiger partial charge in [-0.3, -0.25) is 47.9 Å². The van der Waals surface area contributed by atoms with Crippen molar-refractivity contribution in [1.82, 2.24) is 37.2 Å². The van der Waals surface area contributed by atoms with Gasteiger partial charge in [-0.1, -0.05) is 233 Å². The van der Waals surface area contributed by atoms with E-state index in [4.69, 9.17) is 9.47 Å². The SMILES string of the molecule is CCCCCCCCCCCCCCCC(=O)OC[C@H](CSC[C@H](NC(=O)CCCCCCCCCCCC)C(=O)NCC(=O)NCC(=O)NCC(=O)N[C@@H](CCC(=O)O)C(=O)N[C@H](C(=O)N[C@H](C(=O)O)[C@@H](C)O)[C@@H](C)O)OC(=O)CCCCCCCCCCCCCCC. The van der Waals surface area contributed by atoms with Gasteiger partial charge in [0.1, 0.15) is 30.8 Å². The minimum absolute atomic E-state index is 0.00597. The molecule has 7 amide bonds. The van der Waals surface area contributed by atoms with Crippen LogP contribution in [-0.2, 0) is 62.2 Å².